The van der Waals surface area contributed by atoms with Gasteiger partial charge in [-0.25, -0.2) is 0 Å². The maximum atomic E-state index is 11.2. The van der Waals surface area contributed by atoms with Gasteiger partial charge in [0, 0.05) is 6.42 Å². The highest BCUT2D eigenvalue weighted by Gasteiger charge is 2.58. The lowest BCUT2D eigenvalue weighted by Gasteiger charge is -2.52. The zero-order valence-electron chi connectivity index (χ0n) is 29.3. The van der Waals surface area contributed by atoms with E-state index >= 15 is 0 Å². The molecule has 0 bridgehead atoms. The maximum absolute atomic E-state index is 11.2. The highest BCUT2D eigenvalue weighted by molar-refractivity contribution is 5.01. The lowest BCUT2D eigenvalue weighted by Crippen LogP contribution is -2.70. The molecule has 296 valence electrons. The average Bonchev–Trinajstić information content (AvgIpc) is 3.11. The highest BCUT2D eigenvalue weighted by Crippen LogP contribution is 2.40. The Kier molecular flexibility index (Phi) is 19.2. The van der Waals surface area contributed by atoms with Crippen LogP contribution in [0, 0.1) is 0 Å². The van der Waals surface area contributed by atoms with Crippen LogP contribution in [0.1, 0.15) is 103 Å². The Morgan fingerprint density at radius 1 is 0.500 bits per heavy atom. The molecule has 16 nitrogen and oxygen atoms in total. The zero-order chi connectivity index (χ0) is 36.8. The summed E-state index contributed by atoms with van der Waals surface area (Å²) < 4.78 is 28.4. The molecule has 3 heterocycles. The summed E-state index contributed by atoms with van der Waals surface area (Å²) in [4.78, 5) is 0. The van der Waals surface area contributed by atoms with Crippen LogP contribution in [0.15, 0.2) is 0 Å². The third kappa shape index (κ3) is 11.4. The number of aliphatic hydroxyl groups is 11. The molecular weight excluding hydrogens is 664 g/mol. The van der Waals surface area contributed by atoms with E-state index in [0.29, 0.717) is 12.8 Å². The van der Waals surface area contributed by atoms with E-state index in [1.165, 1.54) is 51.4 Å². The molecule has 3 saturated heterocycles. The van der Waals surface area contributed by atoms with Crippen LogP contribution in [0.2, 0.25) is 0 Å². The van der Waals surface area contributed by atoms with Crippen molar-refractivity contribution in [1.82, 2.24) is 0 Å². The summed E-state index contributed by atoms with van der Waals surface area (Å²) in [6, 6.07) is 0. The van der Waals surface area contributed by atoms with Crippen LogP contribution >= 0.6 is 0 Å². The van der Waals surface area contributed by atoms with E-state index in [2.05, 4.69) is 6.92 Å². The van der Waals surface area contributed by atoms with Crippen LogP contribution in [0.5, 0.6) is 0 Å². The van der Waals surface area contributed by atoms with Crippen molar-refractivity contribution in [1.29, 1.82) is 0 Å². The van der Waals surface area contributed by atoms with Crippen LogP contribution in [0.25, 0.3) is 0 Å². The third-order valence-corrected chi connectivity index (χ3v) is 10.2. The van der Waals surface area contributed by atoms with Crippen molar-refractivity contribution in [2.24, 2.45) is 0 Å². The van der Waals surface area contributed by atoms with Crippen molar-refractivity contribution in [2.75, 3.05) is 19.8 Å². The van der Waals surface area contributed by atoms with Crippen molar-refractivity contribution >= 4 is 0 Å². The van der Waals surface area contributed by atoms with Crippen molar-refractivity contribution in [3.05, 3.63) is 0 Å². The van der Waals surface area contributed by atoms with E-state index in [1.807, 2.05) is 0 Å². The Morgan fingerprint density at radius 3 is 1.50 bits per heavy atom. The SMILES string of the molecule is CCCCCCCCCCCCCCCCC1(O[C@H]2[C@H](O)[C@@H](O)C(O[C@H]3[C@H](O)[C@@H](O)[C@@H](O)O[C@@H]3CO)O[C@@H]2CO)O[C@H](CO)[C@@H](O)[C@H](O)[C@H]1O. The van der Waals surface area contributed by atoms with Gasteiger partial charge in [0.15, 0.2) is 18.4 Å². The molecule has 0 aromatic heterocycles. The normalized spacial score (nSPS) is 41.0. The monoisotopic (exact) mass is 728 g/mol. The minimum Gasteiger partial charge on any atom is -0.394 e. The second-order valence-corrected chi connectivity index (χ2v) is 14.0. The van der Waals surface area contributed by atoms with Crippen molar-refractivity contribution in [3.8, 4) is 0 Å². The van der Waals surface area contributed by atoms with Crippen LogP contribution in [-0.4, -0.2) is 168 Å². The summed E-state index contributed by atoms with van der Waals surface area (Å²) in [5.74, 6) is -2.10. The van der Waals surface area contributed by atoms with Gasteiger partial charge >= 0.3 is 0 Å². The Bertz CT molecular complexity index is 912. The summed E-state index contributed by atoms with van der Waals surface area (Å²) in [5.41, 5.74) is 0. The molecule has 0 amide bonds. The van der Waals surface area contributed by atoms with Gasteiger partial charge in [-0.15, -0.1) is 0 Å². The van der Waals surface area contributed by atoms with E-state index in [4.69, 9.17) is 23.7 Å². The van der Waals surface area contributed by atoms with Gasteiger partial charge in [0.2, 0.25) is 0 Å². The molecule has 0 radical (unpaired) electrons. The molecule has 16 heteroatoms. The van der Waals surface area contributed by atoms with E-state index in [-0.39, 0.29) is 6.42 Å². The minimum absolute atomic E-state index is 0.0477. The number of ether oxygens (including phenoxy) is 5. The number of hydrogen-bond donors (Lipinski definition) is 11. The first kappa shape index (κ1) is 43.8. The number of unbranched alkanes of at least 4 members (excludes halogenated alkanes) is 13. The Labute approximate surface area is 294 Å². The molecular formula is C34H64O16. The van der Waals surface area contributed by atoms with Crippen LogP contribution in [-0.2, 0) is 23.7 Å². The van der Waals surface area contributed by atoms with Crippen molar-refractivity contribution in [2.45, 2.75) is 195 Å². The third-order valence-electron chi connectivity index (χ3n) is 10.2. The van der Waals surface area contributed by atoms with Gasteiger partial charge in [0.05, 0.1) is 19.8 Å². The fourth-order valence-corrected chi connectivity index (χ4v) is 7.07. The molecule has 3 aliphatic heterocycles. The van der Waals surface area contributed by atoms with Gasteiger partial charge < -0.3 is 79.9 Å². The summed E-state index contributed by atoms with van der Waals surface area (Å²) >= 11 is 0. The molecule has 2 unspecified atom stereocenters. The molecule has 50 heavy (non-hydrogen) atoms. The Hall–Kier alpha value is -0.640. The average molecular weight is 729 g/mol. The second kappa shape index (κ2) is 21.9. The maximum Gasteiger partial charge on any atom is 0.198 e. The lowest BCUT2D eigenvalue weighted by molar-refractivity contribution is -0.411. The predicted octanol–water partition coefficient (Wildman–Crippen LogP) is -1.33. The first-order valence-corrected chi connectivity index (χ1v) is 18.5. The molecule has 0 aliphatic carbocycles. The first-order valence-electron chi connectivity index (χ1n) is 18.5. The largest absolute Gasteiger partial charge is 0.394 e. The summed E-state index contributed by atoms with van der Waals surface area (Å²) in [6.45, 7) is -0.101. The molecule has 3 rings (SSSR count). The highest BCUT2D eigenvalue weighted by atomic mass is 16.8. The molecule has 3 fully saturated rings. The molecule has 11 N–H and O–H groups in total. The van der Waals surface area contributed by atoms with E-state index in [1.54, 1.807) is 0 Å². The standard InChI is InChI=1S/C34H64O16/c1-2-3-4-5-6-7-8-9-10-11-12-13-14-15-16-34(31(44)26(41)23(38)20(17-35)49-34)50-30-22(19-37)47-33(28(43)25(30)40)48-29-21(18-36)46-32(45)27(42)24(29)39/h20-33,35-45H,2-19H2,1H3/t20-,21-,22-,23-,24-,25-,26+,27-,28-,29-,30-,31-,32+,33?,34?/m1/s1. The van der Waals surface area contributed by atoms with Gasteiger partial charge in [-0.3, -0.25) is 0 Å². The van der Waals surface area contributed by atoms with Gasteiger partial charge in [-0.05, 0) is 6.42 Å². The Morgan fingerprint density at radius 2 is 0.980 bits per heavy atom. The molecule has 3 aliphatic rings. The zero-order valence-corrected chi connectivity index (χ0v) is 29.3. The van der Waals surface area contributed by atoms with Gasteiger partial charge in [-0.1, -0.05) is 90.4 Å². The number of aliphatic hydroxyl groups excluding tert-OH is 11. The fraction of sp³-hybridized carbons (Fsp3) is 1.00. The minimum atomic E-state index is -2.10. The number of rotatable bonds is 22. The van der Waals surface area contributed by atoms with Gasteiger partial charge in [0.1, 0.15) is 73.2 Å². The molecule has 0 aromatic carbocycles. The Balaban J connectivity index is 1.61. The van der Waals surface area contributed by atoms with Crippen LogP contribution in [0.4, 0.5) is 0 Å². The van der Waals surface area contributed by atoms with E-state index in [0.717, 1.165) is 25.7 Å². The summed E-state index contributed by atoms with van der Waals surface area (Å²) in [5, 5.41) is 115. The summed E-state index contributed by atoms with van der Waals surface area (Å²) in [6.07, 6.45) is -8.38. The first-order chi connectivity index (χ1) is 24.0. The quantitative estimate of drug-likeness (QED) is 0.0577. The van der Waals surface area contributed by atoms with Crippen LogP contribution in [0.3, 0.4) is 0 Å². The van der Waals surface area contributed by atoms with E-state index in [9.17, 15) is 56.2 Å². The van der Waals surface area contributed by atoms with Crippen molar-refractivity contribution < 1.29 is 79.9 Å². The van der Waals surface area contributed by atoms with Crippen LogP contribution < -0.4 is 0 Å². The van der Waals surface area contributed by atoms with Gasteiger partial charge in [0.25, 0.3) is 0 Å². The van der Waals surface area contributed by atoms with Crippen molar-refractivity contribution in [3.63, 3.8) is 0 Å². The molecule has 0 aromatic rings. The summed E-state index contributed by atoms with van der Waals surface area (Å²) in [7, 11) is 0. The molecule has 0 spiro atoms. The molecule has 15 atom stereocenters. The smallest absolute Gasteiger partial charge is 0.198 e. The topological polar surface area (TPSA) is 269 Å². The molecule has 0 saturated carbocycles. The second-order valence-electron chi connectivity index (χ2n) is 14.0. The predicted molar refractivity (Wildman–Crippen MR) is 175 cm³/mol. The van der Waals surface area contributed by atoms with Gasteiger partial charge in [-0.2, -0.15) is 0 Å². The lowest BCUT2D eigenvalue weighted by atomic mass is 9.88. The fourth-order valence-electron chi connectivity index (χ4n) is 7.07. The van der Waals surface area contributed by atoms with E-state index < -0.39 is 111 Å². The number of hydrogen-bond acceptors (Lipinski definition) is 16.